The molecule has 5 nitrogen and oxygen atoms in total. The Morgan fingerprint density at radius 2 is 2.00 bits per heavy atom. The highest BCUT2D eigenvalue weighted by Gasteiger charge is 2.08. The minimum absolute atomic E-state index is 0.0680. The second-order valence-corrected chi connectivity index (χ2v) is 6.67. The van der Waals surface area contributed by atoms with Crippen LogP contribution in [0.25, 0.3) is 0 Å². The van der Waals surface area contributed by atoms with Crippen molar-refractivity contribution in [1.82, 2.24) is 9.97 Å². The summed E-state index contributed by atoms with van der Waals surface area (Å²) in [6.45, 7) is 5.68. The number of rotatable bonds is 5. The Hall–Kier alpha value is -1.17. The number of hydrogen-bond donors (Lipinski definition) is 1. The van der Waals surface area contributed by atoms with Crippen LogP contribution in [0.2, 0.25) is 0 Å². The van der Waals surface area contributed by atoms with Crippen LogP contribution < -0.4 is 5.32 Å². The number of aromatic nitrogens is 2. The summed E-state index contributed by atoms with van der Waals surface area (Å²) in [5.41, 5.74) is 0.898. The Labute approximate surface area is 103 Å². The quantitative estimate of drug-likeness (QED) is 0.861. The van der Waals surface area contributed by atoms with Gasteiger partial charge in [-0.3, -0.25) is 0 Å². The van der Waals surface area contributed by atoms with E-state index in [2.05, 4.69) is 15.3 Å². The smallest absolute Gasteiger partial charge is 0.147 e. The SMILES string of the molecule is Cc1cc(NC(C)CCS(C)(=O)=O)nc(C)n1. The summed E-state index contributed by atoms with van der Waals surface area (Å²) in [4.78, 5) is 8.43. The molecule has 1 unspecified atom stereocenters. The van der Waals surface area contributed by atoms with Crippen molar-refractivity contribution in [3.05, 3.63) is 17.6 Å². The Balaban J connectivity index is 2.59. The number of anilines is 1. The standard InChI is InChI=1S/C11H19N3O2S/c1-8(5-6-17(4,15)16)13-11-7-9(2)12-10(3)14-11/h7-8H,5-6H2,1-4H3,(H,12,13,14). The van der Waals surface area contributed by atoms with Crippen molar-refractivity contribution in [3.8, 4) is 0 Å². The zero-order valence-electron chi connectivity index (χ0n) is 10.7. The molecule has 0 fully saturated rings. The van der Waals surface area contributed by atoms with Crippen LogP contribution in [0.3, 0.4) is 0 Å². The zero-order chi connectivity index (χ0) is 13.1. The third-order valence-electron chi connectivity index (χ3n) is 2.28. The lowest BCUT2D eigenvalue weighted by Crippen LogP contribution is -2.20. The molecule has 6 heteroatoms. The van der Waals surface area contributed by atoms with Gasteiger partial charge in [-0.2, -0.15) is 0 Å². The predicted molar refractivity (Wildman–Crippen MR) is 68.9 cm³/mol. The second kappa shape index (κ2) is 5.44. The molecular formula is C11H19N3O2S. The zero-order valence-corrected chi connectivity index (χ0v) is 11.5. The van der Waals surface area contributed by atoms with Crippen LogP contribution in [0.1, 0.15) is 24.9 Å². The maximum Gasteiger partial charge on any atom is 0.147 e. The third-order valence-corrected chi connectivity index (χ3v) is 3.26. The maximum atomic E-state index is 11.0. The summed E-state index contributed by atoms with van der Waals surface area (Å²) in [7, 11) is -2.90. The Kier molecular flexibility index (Phi) is 4.45. The van der Waals surface area contributed by atoms with Gasteiger partial charge < -0.3 is 5.32 Å². The van der Waals surface area contributed by atoms with Crippen molar-refractivity contribution in [2.24, 2.45) is 0 Å². The average molecular weight is 257 g/mol. The van der Waals surface area contributed by atoms with E-state index >= 15 is 0 Å². The van der Waals surface area contributed by atoms with Gasteiger partial charge in [-0.1, -0.05) is 0 Å². The molecule has 1 N–H and O–H groups in total. The first-order valence-electron chi connectivity index (χ1n) is 5.53. The molecule has 17 heavy (non-hydrogen) atoms. The molecule has 0 aliphatic carbocycles. The van der Waals surface area contributed by atoms with Gasteiger partial charge in [-0.15, -0.1) is 0 Å². The lowest BCUT2D eigenvalue weighted by molar-refractivity contribution is 0.595. The van der Waals surface area contributed by atoms with E-state index in [1.165, 1.54) is 6.26 Å². The van der Waals surface area contributed by atoms with Gasteiger partial charge in [0.25, 0.3) is 0 Å². The molecule has 0 spiro atoms. The van der Waals surface area contributed by atoms with Crippen molar-refractivity contribution in [1.29, 1.82) is 0 Å². The molecule has 1 aromatic heterocycles. The van der Waals surface area contributed by atoms with Gasteiger partial charge in [0.2, 0.25) is 0 Å². The van der Waals surface area contributed by atoms with Gasteiger partial charge in [0.05, 0.1) is 5.75 Å². The molecule has 0 radical (unpaired) electrons. The number of sulfone groups is 1. The Morgan fingerprint density at radius 3 is 2.53 bits per heavy atom. The molecule has 1 atom stereocenters. The lowest BCUT2D eigenvalue weighted by Gasteiger charge is -2.14. The fourth-order valence-electron chi connectivity index (χ4n) is 1.51. The van der Waals surface area contributed by atoms with Gasteiger partial charge in [0.1, 0.15) is 21.5 Å². The first kappa shape index (κ1) is 13.9. The maximum absolute atomic E-state index is 11.0. The highest BCUT2D eigenvalue weighted by atomic mass is 32.2. The van der Waals surface area contributed by atoms with E-state index in [9.17, 15) is 8.42 Å². The summed E-state index contributed by atoms with van der Waals surface area (Å²) in [5, 5.41) is 3.18. The third kappa shape index (κ3) is 5.63. The molecule has 0 amide bonds. The fourth-order valence-corrected chi connectivity index (χ4v) is 2.29. The van der Waals surface area contributed by atoms with E-state index in [0.29, 0.717) is 12.2 Å². The van der Waals surface area contributed by atoms with Crippen LogP contribution in [0.15, 0.2) is 6.07 Å². The second-order valence-electron chi connectivity index (χ2n) is 4.41. The largest absolute Gasteiger partial charge is 0.367 e. The molecule has 96 valence electrons. The van der Waals surface area contributed by atoms with Crippen LogP contribution in [0, 0.1) is 13.8 Å². The van der Waals surface area contributed by atoms with Crippen LogP contribution in [0.4, 0.5) is 5.82 Å². The predicted octanol–water partition coefficient (Wildman–Crippen LogP) is 1.33. The highest BCUT2D eigenvalue weighted by molar-refractivity contribution is 7.90. The monoisotopic (exact) mass is 257 g/mol. The van der Waals surface area contributed by atoms with Crippen LogP contribution in [-0.4, -0.2) is 36.4 Å². The molecular weight excluding hydrogens is 238 g/mol. The molecule has 1 rings (SSSR count). The molecule has 0 aliphatic rings. The fraction of sp³-hybridized carbons (Fsp3) is 0.636. The normalized spacial score (nSPS) is 13.4. The van der Waals surface area contributed by atoms with Crippen molar-refractivity contribution < 1.29 is 8.42 Å². The van der Waals surface area contributed by atoms with E-state index in [1.54, 1.807) is 0 Å². The number of hydrogen-bond acceptors (Lipinski definition) is 5. The lowest BCUT2D eigenvalue weighted by atomic mass is 10.2. The van der Waals surface area contributed by atoms with Crippen LogP contribution in [-0.2, 0) is 9.84 Å². The molecule has 0 aliphatic heterocycles. The first-order valence-corrected chi connectivity index (χ1v) is 7.59. The number of aryl methyl sites for hydroxylation is 2. The van der Waals surface area contributed by atoms with Gasteiger partial charge in [0, 0.05) is 24.1 Å². The Morgan fingerprint density at radius 1 is 1.35 bits per heavy atom. The molecule has 1 heterocycles. The van der Waals surface area contributed by atoms with Crippen molar-refractivity contribution in [3.63, 3.8) is 0 Å². The van der Waals surface area contributed by atoms with Gasteiger partial charge in [-0.05, 0) is 27.2 Å². The van der Waals surface area contributed by atoms with Crippen molar-refractivity contribution in [2.75, 3.05) is 17.3 Å². The minimum atomic E-state index is -2.90. The van der Waals surface area contributed by atoms with E-state index in [0.717, 1.165) is 11.5 Å². The minimum Gasteiger partial charge on any atom is -0.367 e. The van der Waals surface area contributed by atoms with Crippen LogP contribution in [0.5, 0.6) is 0 Å². The highest BCUT2D eigenvalue weighted by Crippen LogP contribution is 2.09. The summed E-state index contributed by atoms with van der Waals surface area (Å²) in [5.74, 6) is 1.64. The van der Waals surface area contributed by atoms with E-state index in [4.69, 9.17) is 0 Å². The number of nitrogens with one attached hydrogen (secondary N) is 1. The summed E-state index contributed by atoms with van der Waals surface area (Å²) in [6, 6.07) is 1.92. The molecule has 0 bridgehead atoms. The average Bonchev–Trinajstić information content (AvgIpc) is 2.11. The van der Waals surface area contributed by atoms with Gasteiger partial charge >= 0.3 is 0 Å². The number of nitrogens with zero attached hydrogens (tertiary/aromatic N) is 2. The van der Waals surface area contributed by atoms with E-state index in [1.807, 2.05) is 26.8 Å². The van der Waals surface area contributed by atoms with Gasteiger partial charge in [0.15, 0.2) is 0 Å². The summed E-state index contributed by atoms with van der Waals surface area (Å²) < 4.78 is 22.1. The van der Waals surface area contributed by atoms with E-state index < -0.39 is 9.84 Å². The first-order chi connectivity index (χ1) is 7.76. The summed E-state index contributed by atoms with van der Waals surface area (Å²) in [6.07, 6.45) is 1.82. The topological polar surface area (TPSA) is 72.0 Å². The molecule has 0 aromatic carbocycles. The molecule has 1 aromatic rings. The van der Waals surface area contributed by atoms with Crippen molar-refractivity contribution in [2.45, 2.75) is 33.2 Å². The van der Waals surface area contributed by atoms with Gasteiger partial charge in [-0.25, -0.2) is 18.4 Å². The van der Waals surface area contributed by atoms with E-state index in [-0.39, 0.29) is 11.8 Å². The molecule has 0 saturated carbocycles. The Bertz CT molecular complexity index is 465. The van der Waals surface area contributed by atoms with Crippen molar-refractivity contribution >= 4 is 15.7 Å². The van der Waals surface area contributed by atoms with Crippen LogP contribution >= 0.6 is 0 Å². The summed E-state index contributed by atoms with van der Waals surface area (Å²) >= 11 is 0. The molecule has 0 saturated heterocycles.